The number of aryl methyl sites for hydroxylation is 1. The molecule has 2 atom stereocenters. The zero-order valence-electron chi connectivity index (χ0n) is 23.4. The third kappa shape index (κ3) is 11.7. The molecule has 0 bridgehead atoms. The number of nitrogens with one attached hydrogen (secondary N) is 2. The van der Waals surface area contributed by atoms with Crippen LogP contribution in [0.2, 0.25) is 0 Å². The highest BCUT2D eigenvalue weighted by Gasteiger charge is 2.36. The fraction of sp³-hybridized carbons (Fsp3) is 0.679. The van der Waals surface area contributed by atoms with E-state index in [-0.39, 0.29) is 17.6 Å². The van der Waals surface area contributed by atoms with Gasteiger partial charge in [-0.3, -0.25) is 9.59 Å². The van der Waals surface area contributed by atoms with Crippen LogP contribution in [0.5, 0.6) is 0 Å². The molecule has 0 aromatic heterocycles. The lowest BCUT2D eigenvalue weighted by Gasteiger charge is -2.36. The molecule has 0 radical (unpaired) electrons. The summed E-state index contributed by atoms with van der Waals surface area (Å²) in [7, 11) is 0. The van der Waals surface area contributed by atoms with Crippen LogP contribution in [0.1, 0.15) is 97.7 Å². The van der Waals surface area contributed by atoms with Crippen LogP contribution in [0.25, 0.3) is 0 Å². The first-order chi connectivity index (χ1) is 16.7. The lowest BCUT2D eigenvalue weighted by molar-refractivity contribution is -0.142. The molecule has 8 heteroatoms. The molecular formula is C28H47N3O4S. The number of thiol groups is 1. The van der Waals surface area contributed by atoms with E-state index in [9.17, 15) is 14.4 Å². The van der Waals surface area contributed by atoms with Gasteiger partial charge in [0, 0.05) is 17.8 Å². The quantitative estimate of drug-likeness (QED) is 0.248. The number of carbonyl (C=O) groups excluding carboxylic acids is 3. The van der Waals surface area contributed by atoms with E-state index in [2.05, 4.69) is 30.2 Å². The Balaban J connectivity index is 3.37. The number of hydrogen-bond acceptors (Lipinski definition) is 5. The molecule has 0 saturated heterocycles. The number of amides is 3. The van der Waals surface area contributed by atoms with Crippen molar-refractivity contribution >= 4 is 30.5 Å². The first-order valence-electron chi connectivity index (χ1n) is 13.0. The molecule has 0 fully saturated rings. The molecule has 0 spiro atoms. The Hall–Kier alpha value is -2.22. The van der Waals surface area contributed by atoms with Gasteiger partial charge in [0.25, 0.3) is 0 Å². The van der Waals surface area contributed by atoms with Crippen LogP contribution in [0, 0.1) is 6.92 Å². The van der Waals surface area contributed by atoms with Gasteiger partial charge in [-0.25, -0.2) is 4.79 Å². The summed E-state index contributed by atoms with van der Waals surface area (Å²) in [6.45, 7) is 15.5. The molecule has 0 aliphatic rings. The Morgan fingerprint density at radius 1 is 0.972 bits per heavy atom. The number of carbonyl (C=O) groups is 3. The van der Waals surface area contributed by atoms with E-state index in [0.29, 0.717) is 6.54 Å². The minimum absolute atomic E-state index is 0.0753. The summed E-state index contributed by atoms with van der Waals surface area (Å²) in [4.78, 5) is 41.5. The van der Waals surface area contributed by atoms with E-state index in [1.807, 2.05) is 52.0 Å². The van der Waals surface area contributed by atoms with Crippen molar-refractivity contribution in [3.63, 3.8) is 0 Å². The van der Waals surface area contributed by atoms with Crippen LogP contribution in [-0.2, 0) is 14.3 Å². The summed E-state index contributed by atoms with van der Waals surface area (Å²) in [6.07, 6.45) is 4.31. The van der Waals surface area contributed by atoms with E-state index in [4.69, 9.17) is 4.74 Å². The van der Waals surface area contributed by atoms with Crippen molar-refractivity contribution in [3.8, 4) is 0 Å². The van der Waals surface area contributed by atoms with Crippen molar-refractivity contribution < 1.29 is 19.1 Å². The van der Waals surface area contributed by atoms with Gasteiger partial charge in [-0.05, 0) is 60.5 Å². The Morgan fingerprint density at radius 2 is 1.56 bits per heavy atom. The lowest BCUT2D eigenvalue weighted by atomic mass is 9.99. The minimum Gasteiger partial charge on any atom is -0.444 e. The predicted octanol–water partition coefficient (Wildman–Crippen LogP) is 5.57. The van der Waals surface area contributed by atoms with Crippen LogP contribution in [0.15, 0.2) is 24.3 Å². The third-order valence-corrected chi connectivity index (χ3v) is 5.77. The van der Waals surface area contributed by atoms with Gasteiger partial charge in [0.1, 0.15) is 17.7 Å². The minimum atomic E-state index is -0.936. The fourth-order valence-corrected chi connectivity index (χ4v) is 3.99. The Morgan fingerprint density at radius 3 is 2.06 bits per heavy atom. The van der Waals surface area contributed by atoms with E-state index in [0.717, 1.165) is 43.2 Å². The van der Waals surface area contributed by atoms with Crippen LogP contribution >= 0.6 is 12.6 Å². The lowest BCUT2D eigenvalue weighted by Crippen LogP contribution is -2.55. The molecule has 1 aromatic carbocycles. The number of unbranched alkanes of at least 4 members (excludes halogenated alkanes) is 4. The SMILES string of the molecule is CCCCCCCN(C(=O)C(CS)NC(=O)OC(C)(C)C)C(C(=O)NC(C)(C)C)c1ccc(C)cc1. The molecule has 2 N–H and O–H groups in total. The summed E-state index contributed by atoms with van der Waals surface area (Å²) < 4.78 is 5.36. The highest BCUT2D eigenvalue weighted by atomic mass is 32.1. The zero-order chi connectivity index (χ0) is 27.5. The molecule has 0 saturated carbocycles. The highest BCUT2D eigenvalue weighted by Crippen LogP contribution is 2.25. The molecule has 3 amide bonds. The average Bonchev–Trinajstić information content (AvgIpc) is 2.74. The number of hydrogen-bond donors (Lipinski definition) is 3. The summed E-state index contributed by atoms with van der Waals surface area (Å²) >= 11 is 4.34. The van der Waals surface area contributed by atoms with Crippen LogP contribution in [-0.4, -0.2) is 52.3 Å². The first kappa shape index (κ1) is 31.8. The summed E-state index contributed by atoms with van der Waals surface area (Å²) in [6, 6.07) is 5.87. The standard InChI is InChI=1S/C28H47N3O4S/c1-9-10-11-12-13-18-31(25(33)22(19-36)29-26(34)35-28(6,7)8)23(24(32)30-27(3,4)5)21-16-14-20(2)15-17-21/h14-17,22-23,36H,9-13,18-19H2,1-8H3,(H,29,34)(H,30,32). The highest BCUT2D eigenvalue weighted by molar-refractivity contribution is 7.80. The first-order valence-corrected chi connectivity index (χ1v) is 13.6. The number of benzene rings is 1. The molecule has 0 heterocycles. The maximum atomic E-state index is 13.9. The van der Waals surface area contributed by atoms with Crippen molar-refractivity contribution in [3.05, 3.63) is 35.4 Å². The fourth-order valence-electron chi connectivity index (χ4n) is 3.75. The number of alkyl carbamates (subject to hydrolysis) is 1. The number of ether oxygens (including phenoxy) is 1. The number of rotatable bonds is 12. The van der Waals surface area contributed by atoms with Gasteiger partial charge in [-0.2, -0.15) is 12.6 Å². The molecule has 2 unspecified atom stereocenters. The summed E-state index contributed by atoms with van der Waals surface area (Å²) in [5, 5.41) is 5.70. The van der Waals surface area contributed by atoms with Crippen LogP contribution in [0.4, 0.5) is 4.79 Å². The van der Waals surface area contributed by atoms with Crippen molar-refractivity contribution in [2.45, 2.75) is 111 Å². The summed E-state index contributed by atoms with van der Waals surface area (Å²) in [5.41, 5.74) is 0.600. The normalized spacial score (nSPS) is 13.5. The molecule has 0 aliphatic carbocycles. The van der Waals surface area contributed by atoms with Crippen molar-refractivity contribution in [2.75, 3.05) is 12.3 Å². The molecule has 204 valence electrons. The Bertz CT molecular complexity index is 844. The number of nitrogens with zero attached hydrogens (tertiary/aromatic N) is 1. The van der Waals surface area contributed by atoms with Gasteiger partial charge in [0.05, 0.1) is 0 Å². The van der Waals surface area contributed by atoms with Gasteiger partial charge in [0.15, 0.2) is 0 Å². The Labute approximate surface area is 223 Å². The van der Waals surface area contributed by atoms with Gasteiger partial charge in [0.2, 0.25) is 11.8 Å². The maximum absolute atomic E-state index is 13.9. The van der Waals surface area contributed by atoms with E-state index in [1.54, 1.807) is 25.7 Å². The molecule has 7 nitrogen and oxygen atoms in total. The summed E-state index contributed by atoms with van der Waals surface area (Å²) in [5.74, 6) is -0.546. The van der Waals surface area contributed by atoms with Gasteiger partial charge in [-0.1, -0.05) is 62.4 Å². The van der Waals surface area contributed by atoms with Crippen molar-refractivity contribution in [1.82, 2.24) is 15.5 Å². The largest absolute Gasteiger partial charge is 0.444 e. The van der Waals surface area contributed by atoms with E-state index in [1.165, 1.54) is 0 Å². The van der Waals surface area contributed by atoms with Crippen molar-refractivity contribution in [2.24, 2.45) is 0 Å². The van der Waals surface area contributed by atoms with Gasteiger partial charge >= 0.3 is 6.09 Å². The van der Waals surface area contributed by atoms with E-state index < -0.39 is 29.3 Å². The second kappa shape index (κ2) is 14.5. The second-order valence-electron chi connectivity index (χ2n) is 11.4. The van der Waals surface area contributed by atoms with Gasteiger partial charge < -0.3 is 20.3 Å². The Kier molecular flexibility index (Phi) is 12.8. The van der Waals surface area contributed by atoms with Crippen molar-refractivity contribution in [1.29, 1.82) is 0 Å². The van der Waals surface area contributed by atoms with Crippen LogP contribution in [0.3, 0.4) is 0 Å². The molecule has 1 rings (SSSR count). The molecule has 1 aromatic rings. The predicted molar refractivity (Wildman–Crippen MR) is 149 cm³/mol. The maximum Gasteiger partial charge on any atom is 0.408 e. The average molecular weight is 522 g/mol. The smallest absolute Gasteiger partial charge is 0.408 e. The van der Waals surface area contributed by atoms with E-state index >= 15 is 0 Å². The van der Waals surface area contributed by atoms with Gasteiger partial charge in [-0.15, -0.1) is 0 Å². The van der Waals surface area contributed by atoms with Crippen LogP contribution < -0.4 is 10.6 Å². The molecule has 0 aliphatic heterocycles. The second-order valence-corrected chi connectivity index (χ2v) is 11.7. The zero-order valence-corrected chi connectivity index (χ0v) is 24.3. The molecular weight excluding hydrogens is 474 g/mol. The molecule has 36 heavy (non-hydrogen) atoms. The monoisotopic (exact) mass is 521 g/mol. The third-order valence-electron chi connectivity index (χ3n) is 5.41. The topological polar surface area (TPSA) is 87.7 Å².